The summed E-state index contributed by atoms with van der Waals surface area (Å²) in [7, 11) is 0. The Balaban J connectivity index is 2.38. The first kappa shape index (κ1) is 18.5. The molecule has 0 spiro atoms. The largest absolute Gasteiger partial charge is 0.444 e. The molecule has 0 aliphatic heterocycles. The van der Waals surface area contributed by atoms with Crippen LogP contribution in [0, 0.1) is 0 Å². The Labute approximate surface area is 134 Å². The minimum atomic E-state index is -2.42. The molecule has 0 aromatic heterocycles. The summed E-state index contributed by atoms with van der Waals surface area (Å²) < 4.78 is 29.6. The molecule has 0 aliphatic rings. The Kier molecular flexibility index (Phi) is 6.93. The average Bonchev–Trinajstić information content (AvgIpc) is 2.36. The van der Waals surface area contributed by atoms with E-state index in [2.05, 4.69) is 10.6 Å². The number of alkyl halides is 2. The number of anilines is 1. The highest BCUT2D eigenvalue weighted by Crippen LogP contribution is 2.26. The Morgan fingerprint density at radius 1 is 1.27 bits per heavy atom. The number of rotatable bonds is 6. The van der Waals surface area contributed by atoms with Gasteiger partial charge in [0, 0.05) is 23.2 Å². The third-order valence-corrected chi connectivity index (χ3v) is 3.17. The first-order valence-corrected chi connectivity index (χ1v) is 7.82. The van der Waals surface area contributed by atoms with E-state index in [1.54, 1.807) is 45.0 Å². The van der Waals surface area contributed by atoms with E-state index >= 15 is 0 Å². The van der Waals surface area contributed by atoms with Crippen LogP contribution >= 0.6 is 11.8 Å². The number of hydrogen-bond donors (Lipinski definition) is 2. The van der Waals surface area contributed by atoms with Gasteiger partial charge in [0.05, 0.1) is 0 Å². The van der Waals surface area contributed by atoms with Crippen LogP contribution in [0.3, 0.4) is 0 Å². The van der Waals surface area contributed by atoms with Crippen molar-refractivity contribution in [1.82, 2.24) is 5.32 Å². The van der Waals surface area contributed by atoms with Crippen molar-refractivity contribution in [2.24, 2.45) is 0 Å². The predicted octanol–water partition coefficient (Wildman–Crippen LogP) is 4.33. The second-order valence-electron chi connectivity index (χ2n) is 5.83. The monoisotopic (exact) mass is 332 g/mol. The summed E-state index contributed by atoms with van der Waals surface area (Å²) in [5.74, 6) is -2.42. The predicted molar refractivity (Wildman–Crippen MR) is 85.6 cm³/mol. The number of hydrogen-bond acceptors (Lipinski definition) is 4. The third kappa shape index (κ3) is 8.07. The molecule has 124 valence electrons. The molecule has 1 amide bonds. The van der Waals surface area contributed by atoms with Crippen LogP contribution in [0.1, 0.15) is 27.7 Å². The number of carbonyl (C=O) groups is 1. The molecule has 0 saturated heterocycles. The molecule has 2 N–H and O–H groups in total. The van der Waals surface area contributed by atoms with Gasteiger partial charge in [-0.15, -0.1) is 0 Å². The molecule has 0 heterocycles. The van der Waals surface area contributed by atoms with Crippen LogP contribution in [0.25, 0.3) is 0 Å². The fourth-order valence-corrected chi connectivity index (χ4v) is 2.12. The Morgan fingerprint density at radius 2 is 1.86 bits per heavy atom. The second kappa shape index (κ2) is 8.22. The van der Waals surface area contributed by atoms with Crippen molar-refractivity contribution < 1.29 is 18.3 Å². The molecule has 4 nitrogen and oxygen atoms in total. The van der Waals surface area contributed by atoms with Gasteiger partial charge in [-0.25, -0.2) is 4.79 Å². The molecule has 0 radical (unpaired) electrons. The quantitative estimate of drug-likeness (QED) is 0.762. The third-order valence-electron chi connectivity index (χ3n) is 2.44. The molecule has 1 unspecified atom stereocenters. The zero-order chi connectivity index (χ0) is 16.8. The zero-order valence-electron chi connectivity index (χ0n) is 13.2. The number of benzene rings is 1. The van der Waals surface area contributed by atoms with Crippen molar-refractivity contribution in [3.05, 3.63) is 24.3 Å². The average molecular weight is 332 g/mol. The summed E-state index contributed by atoms with van der Waals surface area (Å²) in [5.41, 5.74) is 0.274. The van der Waals surface area contributed by atoms with Crippen LogP contribution in [0.5, 0.6) is 0 Å². The number of ether oxygens (including phenoxy) is 1. The lowest BCUT2D eigenvalue weighted by atomic mass is 10.2. The highest BCUT2D eigenvalue weighted by Gasteiger charge is 2.16. The Bertz CT molecular complexity index is 475. The van der Waals surface area contributed by atoms with Gasteiger partial charge < -0.3 is 15.4 Å². The SMILES string of the molecule is CC(CNC(=O)OC(C)(C)C)Nc1ccc(SC(F)F)cc1. The van der Waals surface area contributed by atoms with Crippen LogP contribution in [-0.4, -0.2) is 30.0 Å². The van der Waals surface area contributed by atoms with Crippen molar-refractivity contribution in [2.45, 2.75) is 50.0 Å². The van der Waals surface area contributed by atoms with Gasteiger partial charge >= 0.3 is 6.09 Å². The molecule has 0 aliphatic carbocycles. The summed E-state index contributed by atoms with van der Waals surface area (Å²) >= 11 is 0.511. The molecule has 7 heteroatoms. The number of thioether (sulfide) groups is 1. The molecule has 1 aromatic carbocycles. The van der Waals surface area contributed by atoms with Crippen molar-refractivity contribution in [3.63, 3.8) is 0 Å². The van der Waals surface area contributed by atoms with Crippen molar-refractivity contribution >= 4 is 23.5 Å². The van der Waals surface area contributed by atoms with Gasteiger partial charge in [0.2, 0.25) is 0 Å². The summed E-state index contributed by atoms with van der Waals surface area (Å²) in [6, 6.07) is 6.70. The van der Waals surface area contributed by atoms with Gasteiger partial charge in [-0.1, -0.05) is 11.8 Å². The Morgan fingerprint density at radius 3 is 2.36 bits per heavy atom. The first-order chi connectivity index (χ1) is 10.2. The summed E-state index contributed by atoms with van der Waals surface area (Å²) in [6.07, 6.45) is -0.468. The molecule has 1 aromatic rings. The van der Waals surface area contributed by atoms with E-state index in [1.807, 2.05) is 6.92 Å². The maximum atomic E-state index is 12.2. The van der Waals surface area contributed by atoms with Gasteiger partial charge in [-0.3, -0.25) is 0 Å². The molecule has 1 atom stereocenters. The maximum absolute atomic E-state index is 12.2. The second-order valence-corrected chi connectivity index (χ2v) is 6.89. The first-order valence-electron chi connectivity index (χ1n) is 6.94. The minimum Gasteiger partial charge on any atom is -0.444 e. The fourth-order valence-electron chi connectivity index (χ4n) is 1.62. The topological polar surface area (TPSA) is 50.4 Å². The standard InChI is InChI=1S/C15H22F2N2O2S/c1-10(9-18-14(20)21-15(2,3)4)19-11-5-7-12(8-6-11)22-13(16)17/h5-8,10,13,19H,9H2,1-4H3,(H,18,20). The van der Waals surface area contributed by atoms with E-state index in [4.69, 9.17) is 4.74 Å². The van der Waals surface area contributed by atoms with Crippen molar-refractivity contribution in [2.75, 3.05) is 11.9 Å². The van der Waals surface area contributed by atoms with Crippen LogP contribution < -0.4 is 10.6 Å². The van der Waals surface area contributed by atoms with Gasteiger partial charge in [0.15, 0.2) is 0 Å². The molecule has 22 heavy (non-hydrogen) atoms. The fraction of sp³-hybridized carbons (Fsp3) is 0.533. The molecular formula is C15H22F2N2O2S. The number of carbonyl (C=O) groups excluding carboxylic acids is 1. The lowest BCUT2D eigenvalue weighted by Crippen LogP contribution is -2.38. The van der Waals surface area contributed by atoms with Crippen LogP contribution in [0.2, 0.25) is 0 Å². The maximum Gasteiger partial charge on any atom is 0.407 e. The normalized spacial score (nSPS) is 12.9. The van der Waals surface area contributed by atoms with Crippen LogP contribution in [0.15, 0.2) is 29.2 Å². The van der Waals surface area contributed by atoms with E-state index < -0.39 is 17.5 Å². The number of alkyl carbamates (subject to hydrolysis) is 1. The van der Waals surface area contributed by atoms with Crippen molar-refractivity contribution in [3.8, 4) is 0 Å². The van der Waals surface area contributed by atoms with Crippen molar-refractivity contribution in [1.29, 1.82) is 0 Å². The van der Waals surface area contributed by atoms with Gasteiger partial charge in [0.1, 0.15) is 5.60 Å². The molecule has 0 bridgehead atoms. The molecule has 0 saturated carbocycles. The van der Waals surface area contributed by atoms with E-state index in [9.17, 15) is 13.6 Å². The van der Waals surface area contributed by atoms with E-state index in [-0.39, 0.29) is 6.04 Å². The van der Waals surface area contributed by atoms with Gasteiger partial charge in [-0.05, 0) is 52.0 Å². The molecule has 0 fully saturated rings. The number of amides is 1. The van der Waals surface area contributed by atoms with Gasteiger partial charge in [0.25, 0.3) is 5.76 Å². The number of nitrogens with one attached hydrogen (secondary N) is 2. The van der Waals surface area contributed by atoms with E-state index in [1.165, 1.54) is 0 Å². The molecular weight excluding hydrogens is 310 g/mol. The van der Waals surface area contributed by atoms with Gasteiger partial charge in [-0.2, -0.15) is 8.78 Å². The molecule has 1 rings (SSSR count). The summed E-state index contributed by atoms with van der Waals surface area (Å²) in [5, 5.41) is 5.84. The highest BCUT2D eigenvalue weighted by atomic mass is 32.2. The highest BCUT2D eigenvalue weighted by molar-refractivity contribution is 7.99. The zero-order valence-corrected chi connectivity index (χ0v) is 14.0. The smallest absolute Gasteiger partial charge is 0.407 e. The lowest BCUT2D eigenvalue weighted by molar-refractivity contribution is 0.0526. The van der Waals surface area contributed by atoms with Crippen LogP contribution in [-0.2, 0) is 4.74 Å². The number of halogens is 2. The Hall–Kier alpha value is -1.50. The summed E-state index contributed by atoms with van der Waals surface area (Å²) in [4.78, 5) is 12.0. The minimum absolute atomic E-state index is 0.0267. The lowest BCUT2D eigenvalue weighted by Gasteiger charge is -2.21. The van der Waals surface area contributed by atoms with E-state index in [0.717, 1.165) is 5.69 Å². The van der Waals surface area contributed by atoms with E-state index in [0.29, 0.717) is 23.2 Å². The van der Waals surface area contributed by atoms with Crippen LogP contribution in [0.4, 0.5) is 19.3 Å². The summed E-state index contributed by atoms with van der Waals surface area (Å²) in [6.45, 7) is 7.69.